The van der Waals surface area contributed by atoms with Gasteiger partial charge in [-0.15, -0.1) is 0 Å². The zero-order chi connectivity index (χ0) is 16.0. The van der Waals surface area contributed by atoms with E-state index in [1.807, 2.05) is 0 Å². The van der Waals surface area contributed by atoms with Gasteiger partial charge in [0.1, 0.15) is 16.3 Å². The third kappa shape index (κ3) is 4.45. The molecule has 0 radical (unpaired) electrons. The van der Waals surface area contributed by atoms with Crippen molar-refractivity contribution in [2.75, 3.05) is 19.8 Å². The van der Waals surface area contributed by atoms with E-state index in [1.165, 1.54) is 0 Å². The molecule has 118 valence electrons. The third-order valence-corrected chi connectivity index (χ3v) is 4.00. The minimum absolute atomic E-state index is 0.0123. The molecule has 0 fully saturated rings. The van der Waals surface area contributed by atoms with Crippen molar-refractivity contribution in [1.82, 2.24) is 4.72 Å². The SMILES string of the molecule is CCOCCCNS(=O)(=O)c1ccc(F)c(C(=O)O)c1F. The van der Waals surface area contributed by atoms with Gasteiger partial charge in [-0.1, -0.05) is 0 Å². The minimum Gasteiger partial charge on any atom is -0.477 e. The van der Waals surface area contributed by atoms with E-state index in [4.69, 9.17) is 9.84 Å². The van der Waals surface area contributed by atoms with Crippen molar-refractivity contribution < 1.29 is 31.8 Å². The lowest BCUT2D eigenvalue weighted by molar-refractivity contribution is 0.0685. The molecule has 0 atom stereocenters. The van der Waals surface area contributed by atoms with Crippen LogP contribution in [0.15, 0.2) is 17.0 Å². The fourth-order valence-electron chi connectivity index (χ4n) is 1.54. The number of halogens is 2. The van der Waals surface area contributed by atoms with Crippen molar-refractivity contribution in [2.45, 2.75) is 18.2 Å². The Morgan fingerprint density at radius 3 is 2.62 bits per heavy atom. The number of carboxylic acid groups (broad SMARTS) is 1. The van der Waals surface area contributed by atoms with Crippen LogP contribution in [0.25, 0.3) is 0 Å². The molecule has 0 heterocycles. The van der Waals surface area contributed by atoms with E-state index in [0.29, 0.717) is 31.8 Å². The molecule has 0 aliphatic rings. The third-order valence-electron chi connectivity index (χ3n) is 2.52. The normalized spacial score (nSPS) is 11.6. The molecule has 0 saturated carbocycles. The molecule has 2 N–H and O–H groups in total. The molecule has 0 bridgehead atoms. The van der Waals surface area contributed by atoms with Gasteiger partial charge < -0.3 is 9.84 Å². The minimum atomic E-state index is -4.26. The molecule has 6 nitrogen and oxygen atoms in total. The summed E-state index contributed by atoms with van der Waals surface area (Å²) >= 11 is 0. The lowest BCUT2D eigenvalue weighted by Crippen LogP contribution is -2.27. The van der Waals surface area contributed by atoms with E-state index in [-0.39, 0.29) is 6.54 Å². The van der Waals surface area contributed by atoms with Gasteiger partial charge in [-0.25, -0.2) is 26.7 Å². The summed E-state index contributed by atoms with van der Waals surface area (Å²) < 4.78 is 57.9. The number of sulfonamides is 1. The molecule has 0 aliphatic carbocycles. The zero-order valence-electron chi connectivity index (χ0n) is 11.2. The highest BCUT2D eigenvalue weighted by Crippen LogP contribution is 2.21. The van der Waals surface area contributed by atoms with E-state index in [0.717, 1.165) is 0 Å². The van der Waals surface area contributed by atoms with Gasteiger partial charge in [-0.2, -0.15) is 0 Å². The molecule has 1 aromatic rings. The van der Waals surface area contributed by atoms with Crippen molar-refractivity contribution in [3.05, 3.63) is 29.3 Å². The number of benzene rings is 1. The monoisotopic (exact) mass is 323 g/mol. The second-order valence-electron chi connectivity index (χ2n) is 3.99. The molecule has 0 unspecified atom stereocenters. The number of rotatable bonds is 8. The first-order valence-corrected chi connectivity index (χ1v) is 7.58. The number of hydrogen-bond donors (Lipinski definition) is 2. The first-order chi connectivity index (χ1) is 9.81. The molecular weight excluding hydrogens is 308 g/mol. The van der Waals surface area contributed by atoms with Crippen LogP contribution in [0.3, 0.4) is 0 Å². The Kier molecular flexibility index (Phi) is 6.19. The predicted octanol–water partition coefficient (Wildman–Crippen LogP) is 1.37. The number of aromatic carboxylic acids is 1. The van der Waals surface area contributed by atoms with Crippen molar-refractivity contribution in [3.63, 3.8) is 0 Å². The van der Waals surface area contributed by atoms with Gasteiger partial charge in [-0.05, 0) is 25.5 Å². The van der Waals surface area contributed by atoms with Gasteiger partial charge in [0.15, 0.2) is 5.82 Å². The first-order valence-electron chi connectivity index (χ1n) is 6.10. The molecule has 0 saturated heterocycles. The Labute approximate surface area is 120 Å². The van der Waals surface area contributed by atoms with E-state index in [1.54, 1.807) is 6.92 Å². The van der Waals surface area contributed by atoms with Gasteiger partial charge in [-0.3, -0.25) is 0 Å². The van der Waals surface area contributed by atoms with Crippen molar-refractivity contribution in [1.29, 1.82) is 0 Å². The van der Waals surface area contributed by atoms with Crippen molar-refractivity contribution in [2.24, 2.45) is 0 Å². The number of carboxylic acids is 1. The van der Waals surface area contributed by atoms with Crippen LogP contribution < -0.4 is 4.72 Å². The van der Waals surface area contributed by atoms with Crippen molar-refractivity contribution in [3.8, 4) is 0 Å². The van der Waals surface area contributed by atoms with Crippen LogP contribution >= 0.6 is 0 Å². The number of ether oxygens (including phenoxy) is 1. The summed E-state index contributed by atoms with van der Waals surface area (Å²) in [6, 6.07) is 1.28. The predicted molar refractivity (Wildman–Crippen MR) is 69.6 cm³/mol. The summed E-state index contributed by atoms with van der Waals surface area (Å²) in [6.07, 6.45) is 0.363. The quantitative estimate of drug-likeness (QED) is 0.705. The maximum absolute atomic E-state index is 13.8. The molecule has 21 heavy (non-hydrogen) atoms. The lowest BCUT2D eigenvalue weighted by Gasteiger charge is -2.09. The Bertz CT molecular complexity index is 618. The maximum Gasteiger partial charge on any atom is 0.341 e. The Morgan fingerprint density at radius 1 is 1.38 bits per heavy atom. The van der Waals surface area contributed by atoms with Crippen LogP contribution in [0.1, 0.15) is 23.7 Å². The largest absolute Gasteiger partial charge is 0.477 e. The van der Waals surface area contributed by atoms with E-state index < -0.39 is 38.1 Å². The standard InChI is InChI=1S/C12H15F2NO5S/c1-2-20-7-3-6-15-21(18,19)9-5-4-8(13)10(11(9)14)12(16)17/h4-5,15H,2-3,6-7H2,1H3,(H,16,17). The zero-order valence-corrected chi connectivity index (χ0v) is 12.0. The highest BCUT2D eigenvalue weighted by Gasteiger charge is 2.26. The fourth-order valence-corrected chi connectivity index (χ4v) is 2.69. The van der Waals surface area contributed by atoms with Crippen LogP contribution in [0.4, 0.5) is 8.78 Å². The van der Waals surface area contributed by atoms with Crippen LogP contribution in [0, 0.1) is 11.6 Å². The van der Waals surface area contributed by atoms with Gasteiger partial charge in [0.2, 0.25) is 10.0 Å². The average molecular weight is 323 g/mol. The first kappa shape index (κ1) is 17.5. The lowest BCUT2D eigenvalue weighted by atomic mass is 10.2. The molecular formula is C12H15F2NO5S. The summed E-state index contributed by atoms with van der Waals surface area (Å²) in [6.45, 7) is 2.58. The Balaban J connectivity index is 2.94. The molecule has 0 aliphatic heterocycles. The van der Waals surface area contributed by atoms with Gasteiger partial charge in [0, 0.05) is 19.8 Å². The summed E-state index contributed by atoms with van der Waals surface area (Å²) in [5.74, 6) is -4.84. The Hall–Kier alpha value is -1.58. The summed E-state index contributed by atoms with van der Waals surface area (Å²) in [5.41, 5.74) is -1.30. The fraction of sp³-hybridized carbons (Fsp3) is 0.417. The van der Waals surface area contributed by atoms with Gasteiger partial charge in [0.25, 0.3) is 0 Å². The highest BCUT2D eigenvalue weighted by atomic mass is 32.2. The molecule has 9 heteroatoms. The van der Waals surface area contributed by atoms with Crippen LogP contribution in [0.2, 0.25) is 0 Å². The highest BCUT2D eigenvalue weighted by molar-refractivity contribution is 7.89. The maximum atomic E-state index is 13.8. The topological polar surface area (TPSA) is 92.7 Å². The molecule has 1 rings (SSSR count). The van der Waals surface area contributed by atoms with Crippen LogP contribution in [-0.2, 0) is 14.8 Å². The molecule has 0 aromatic heterocycles. The van der Waals surface area contributed by atoms with Crippen LogP contribution in [0.5, 0.6) is 0 Å². The van der Waals surface area contributed by atoms with E-state index in [9.17, 15) is 22.0 Å². The summed E-state index contributed by atoms with van der Waals surface area (Å²) in [5, 5.41) is 8.70. The number of nitrogens with one attached hydrogen (secondary N) is 1. The van der Waals surface area contributed by atoms with Crippen molar-refractivity contribution >= 4 is 16.0 Å². The van der Waals surface area contributed by atoms with Crippen LogP contribution in [-0.4, -0.2) is 39.3 Å². The number of carbonyl (C=O) groups is 1. The Morgan fingerprint density at radius 2 is 2.05 bits per heavy atom. The molecule has 0 amide bonds. The smallest absolute Gasteiger partial charge is 0.341 e. The second-order valence-corrected chi connectivity index (χ2v) is 5.72. The number of hydrogen-bond acceptors (Lipinski definition) is 4. The second kappa shape index (κ2) is 7.43. The van der Waals surface area contributed by atoms with Gasteiger partial charge >= 0.3 is 5.97 Å². The van der Waals surface area contributed by atoms with E-state index in [2.05, 4.69) is 4.72 Å². The molecule has 1 aromatic carbocycles. The summed E-state index contributed by atoms with van der Waals surface area (Å²) in [7, 11) is -4.26. The summed E-state index contributed by atoms with van der Waals surface area (Å²) in [4.78, 5) is 9.84. The molecule has 0 spiro atoms. The average Bonchev–Trinajstić information content (AvgIpc) is 2.37. The van der Waals surface area contributed by atoms with Gasteiger partial charge in [0.05, 0.1) is 0 Å². The van der Waals surface area contributed by atoms with E-state index >= 15 is 0 Å².